The number of hydrogen-bond donors (Lipinski definition) is 1. The number of rotatable bonds is 4. The molecule has 6 heteroatoms. The molecule has 2 aromatic carbocycles. The summed E-state index contributed by atoms with van der Waals surface area (Å²) in [4.78, 5) is 20.1. The van der Waals surface area contributed by atoms with Crippen LogP contribution in [0.25, 0.3) is 0 Å². The van der Waals surface area contributed by atoms with Gasteiger partial charge in [0.05, 0.1) is 0 Å². The molecule has 3 rings (SSSR count). The van der Waals surface area contributed by atoms with E-state index in [1.54, 1.807) is 42.7 Å². The maximum Gasteiger partial charge on any atom is 0.321 e. The highest BCUT2D eigenvalue weighted by atomic mass is 19.1. The molecule has 3 aromatic rings. The van der Waals surface area contributed by atoms with Crippen molar-refractivity contribution in [1.82, 2.24) is 9.97 Å². The SMILES string of the molecule is O=C(Nc1ccc(F)cc1)c1cccc(Oc2ncccn2)c1. The molecule has 1 aromatic heterocycles. The summed E-state index contributed by atoms with van der Waals surface area (Å²) in [6.07, 6.45) is 3.13. The van der Waals surface area contributed by atoms with Crippen molar-refractivity contribution in [3.63, 3.8) is 0 Å². The molecule has 0 bridgehead atoms. The van der Waals surface area contributed by atoms with Crippen LogP contribution in [0.4, 0.5) is 10.1 Å². The van der Waals surface area contributed by atoms with Gasteiger partial charge in [0, 0.05) is 23.6 Å². The van der Waals surface area contributed by atoms with Gasteiger partial charge in [0.2, 0.25) is 0 Å². The minimum Gasteiger partial charge on any atom is -0.424 e. The normalized spacial score (nSPS) is 10.1. The second-order valence-corrected chi connectivity index (χ2v) is 4.62. The third kappa shape index (κ3) is 3.88. The van der Waals surface area contributed by atoms with Crippen LogP contribution in [0.3, 0.4) is 0 Å². The number of benzene rings is 2. The third-order valence-electron chi connectivity index (χ3n) is 2.95. The first-order valence-corrected chi connectivity index (χ1v) is 6.82. The molecule has 0 aliphatic heterocycles. The molecule has 0 unspecified atom stereocenters. The smallest absolute Gasteiger partial charge is 0.321 e. The molecule has 0 aliphatic rings. The molecule has 5 nitrogen and oxygen atoms in total. The summed E-state index contributed by atoms with van der Waals surface area (Å²) in [5.41, 5.74) is 0.914. The predicted octanol–water partition coefficient (Wildman–Crippen LogP) is 3.66. The van der Waals surface area contributed by atoms with E-state index in [0.717, 1.165) is 0 Å². The van der Waals surface area contributed by atoms with Gasteiger partial charge in [0.1, 0.15) is 11.6 Å². The molecule has 0 saturated carbocycles. The number of aromatic nitrogens is 2. The van der Waals surface area contributed by atoms with E-state index in [1.165, 1.54) is 24.3 Å². The molecule has 1 N–H and O–H groups in total. The van der Waals surface area contributed by atoms with Crippen molar-refractivity contribution in [2.45, 2.75) is 0 Å². The Morgan fingerprint density at radius 3 is 2.48 bits per heavy atom. The first-order chi connectivity index (χ1) is 11.2. The van der Waals surface area contributed by atoms with Crippen molar-refractivity contribution in [3.8, 4) is 11.8 Å². The number of ether oxygens (including phenoxy) is 1. The molecular weight excluding hydrogens is 297 g/mol. The molecule has 0 atom stereocenters. The van der Waals surface area contributed by atoms with Crippen molar-refractivity contribution in [2.75, 3.05) is 5.32 Å². The van der Waals surface area contributed by atoms with Crippen molar-refractivity contribution in [2.24, 2.45) is 0 Å². The molecule has 0 fully saturated rings. The number of amides is 1. The summed E-state index contributed by atoms with van der Waals surface area (Å²) in [6.45, 7) is 0. The fourth-order valence-corrected chi connectivity index (χ4v) is 1.88. The summed E-state index contributed by atoms with van der Waals surface area (Å²) < 4.78 is 18.3. The van der Waals surface area contributed by atoms with Crippen LogP contribution in [0.15, 0.2) is 67.0 Å². The lowest BCUT2D eigenvalue weighted by Crippen LogP contribution is -2.11. The Morgan fingerprint density at radius 1 is 1.00 bits per heavy atom. The van der Waals surface area contributed by atoms with Gasteiger partial charge >= 0.3 is 6.01 Å². The van der Waals surface area contributed by atoms with Gasteiger partial charge in [0.15, 0.2) is 0 Å². The van der Waals surface area contributed by atoms with E-state index in [1.807, 2.05) is 0 Å². The van der Waals surface area contributed by atoms with Gasteiger partial charge in [-0.15, -0.1) is 0 Å². The zero-order chi connectivity index (χ0) is 16.1. The van der Waals surface area contributed by atoms with E-state index in [-0.39, 0.29) is 17.7 Å². The Balaban J connectivity index is 1.73. The molecule has 114 valence electrons. The minimum atomic E-state index is -0.360. The van der Waals surface area contributed by atoms with Crippen LogP contribution in [-0.2, 0) is 0 Å². The van der Waals surface area contributed by atoms with Crippen LogP contribution >= 0.6 is 0 Å². The Morgan fingerprint density at radius 2 is 1.74 bits per heavy atom. The van der Waals surface area contributed by atoms with E-state index in [2.05, 4.69) is 15.3 Å². The van der Waals surface area contributed by atoms with E-state index in [0.29, 0.717) is 17.0 Å². The van der Waals surface area contributed by atoms with Crippen LogP contribution in [0.2, 0.25) is 0 Å². The van der Waals surface area contributed by atoms with Crippen LogP contribution in [0.1, 0.15) is 10.4 Å². The molecule has 0 spiro atoms. The minimum absolute atomic E-state index is 0.198. The van der Waals surface area contributed by atoms with Crippen LogP contribution < -0.4 is 10.1 Å². The number of halogens is 1. The summed E-state index contributed by atoms with van der Waals surface area (Å²) in [5.74, 6) is -0.236. The Bertz CT molecular complexity index is 808. The maximum atomic E-state index is 12.9. The average Bonchev–Trinajstić information content (AvgIpc) is 2.58. The molecule has 1 heterocycles. The highest BCUT2D eigenvalue weighted by Gasteiger charge is 2.08. The molecule has 0 saturated heterocycles. The largest absolute Gasteiger partial charge is 0.424 e. The average molecular weight is 309 g/mol. The Kier molecular flexibility index (Phi) is 4.24. The summed E-state index contributed by atoms with van der Waals surface area (Å²) >= 11 is 0. The summed E-state index contributed by atoms with van der Waals surface area (Å²) in [7, 11) is 0. The standard InChI is InChI=1S/C17H12FN3O2/c18-13-5-7-14(8-6-13)21-16(22)12-3-1-4-15(11-12)23-17-19-9-2-10-20-17/h1-11H,(H,21,22). The fourth-order valence-electron chi connectivity index (χ4n) is 1.88. The van der Waals surface area contributed by atoms with E-state index < -0.39 is 0 Å². The number of hydrogen-bond acceptors (Lipinski definition) is 4. The monoisotopic (exact) mass is 309 g/mol. The van der Waals surface area contributed by atoms with E-state index in [4.69, 9.17) is 4.74 Å². The highest BCUT2D eigenvalue weighted by Crippen LogP contribution is 2.19. The molecule has 23 heavy (non-hydrogen) atoms. The van der Waals surface area contributed by atoms with Crippen LogP contribution in [0.5, 0.6) is 11.8 Å². The second-order valence-electron chi connectivity index (χ2n) is 4.62. The lowest BCUT2D eigenvalue weighted by molar-refractivity contribution is 0.102. The Labute approximate surface area is 131 Å². The molecule has 1 amide bonds. The fraction of sp³-hybridized carbons (Fsp3) is 0. The topological polar surface area (TPSA) is 64.1 Å². The highest BCUT2D eigenvalue weighted by molar-refractivity contribution is 6.04. The molecule has 0 radical (unpaired) electrons. The number of carbonyl (C=O) groups is 1. The van der Waals surface area contributed by atoms with E-state index >= 15 is 0 Å². The lowest BCUT2D eigenvalue weighted by atomic mass is 10.2. The van der Waals surface area contributed by atoms with Crippen molar-refractivity contribution in [3.05, 3.63) is 78.4 Å². The predicted molar refractivity (Wildman–Crippen MR) is 82.9 cm³/mol. The number of anilines is 1. The van der Waals surface area contributed by atoms with Crippen LogP contribution in [0, 0.1) is 5.82 Å². The van der Waals surface area contributed by atoms with Crippen molar-refractivity contribution < 1.29 is 13.9 Å². The van der Waals surface area contributed by atoms with Gasteiger partial charge < -0.3 is 10.1 Å². The number of nitrogens with one attached hydrogen (secondary N) is 1. The first-order valence-electron chi connectivity index (χ1n) is 6.82. The van der Waals surface area contributed by atoms with Gasteiger partial charge in [-0.25, -0.2) is 14.4 Å². The van der Waals surface area contributed by atoms with Gasteiger partial charge in [-0.1, -0.05) is 6.07 Å². The first kappa shape index (κ1) is 14.6. The van der Waals surface area contributed by atoms with E-state index in [9.17, 15) is 9.18 Å². The number of nitrogens with zero attached hydrogens (tertiary/aromatic N) is 2. The van der Waals surface area contributed by atoms with Gasteiger partial charge in [-0.3, -0.25) is 4.79 Å². The molecular formula is C17H12FN3O2. The van der Waals surface area contributed by atoms with Crippen molar-refractivity contribution in [1.29, 1.82) is 0 Å². The van der Waals surface area contributed by atoms with Gasteiger partial charge in [0.25, 0.3) is 5.91 Å². The zero-order valence-corrected chi connectivity index (χ0v) is 11.9. The quantitative estimate of drug-likeness (QED) is 0.799. The third-order valence-corrected chi connectivity index (χ3v) is 2.95. The van der Waals surface area contributed by atoms with Gasteiger partial charge in [-0.05, 0) is 48.5 Å². The summed E-state index contributed by atoms with van der Waals surface area (Å²) in [6, 6.07) is 14.0. The van der Waals surface area contributed by atoms with Crippen LogP contribution in [-0.4, -0.2) is 15.9 Å². The maximum absolute atomic E-state index is 12.9. The molecule has 0 aliphatic carbocycles. The second kappa shape index (κ2) is 6.65. The number of carbonyl (C=O) groups excluding carboxylic acids is 1. The van der Waals surface area contributed by atoms with Gasteiger partial charge in [-0.2, -0.15) is 0 Å². The summed E-state index contributed by atoms with van der Waals surface area (Å²) in [5, 5.41) is 2.68. The zero-order valence-electron chi connectivity index (χ0n) is 11.9. The Hall–Kier alpha value is -3.28. The van der Waals surface area contributed by atoms with Crippen molar-refractivity contribution >= 4 is 11.6 Å². The lowest BCUT2D eigenvalue weighted by Gasteiger charge is -2.07.